The molecule has 2 aromatic rings. The first-order valence-electron chi connectivity index (χ1n) is 8.20. The largest absolute Gasteiger partial charge is 0.327 e. The summed E-state index contributed by atoms with van der Waals surface area (Å²) in [7, 11) is 0. The van der Waals surface area contributed by atoms with Crippen LogP contribution in [0.15, 0.2) is 36.4 Å². The van der Waals surface area contributed by atoms with Gasteiger partial charge in [-0.3, -0.25) is 9.59 Å². The van der Waals surface area contributed by atoms with Crippen LogP contribution in [0.4, 0.5) is 10.1 Å². The predicted octanol–water partition coefficient (Wildman–Crippen LogP) is 4.68. The third-order valence-electron chi connectivity index (χ3n) is 4.44. The Morgan fingerprint density at radius 2 is 1.92 bits per heavy atom. The van der Waals surface area contributed by atoms with Gasteiger partial charge in [0.15, 0.2) is 0 Å². The lowest BCUT2D eigenvalue weighted by Crippen LogP contribution is -2.43. The van der Waals surface area contributed by atoms with E-state index in [4.69, 9.17) is 23.2 Å². The topological polar surface area (TPSA) is 49.4 Å². The predicted molar refractivity (Wildman–Crippen MR) is 100 cm³/mol. The fourth-order valence-electron chi connectivity index (χ4n) is 3.02. The summed E-state index contributed by atoms with van der Waals surface area (Å²) in [5, 5.41) is 3.38. The molecule has 26 heavy (non-hydrogen) atoms. The molecular weight excluding hydrogens is 378 g/mol. The van der Waals surface area contributed by atoms with Crippen molar-refractivity contribution in [2.24, 2.45) is 0 Å². The van der Waals surface area contributed by atoms with Gasteiger partial charge in [0.1, 0.15) is 11.9 Å². The van der Waals surface area contributed by atoms with Crippen LogP contribution in [0.1, 0.15) is 28.8 Å². The van der Waals surface area contributed by atoms with Crippen LogP contribution < -0.4 is 5.32 Å². The molecule has 0 aromatic heterocycles. The zero-order valence-electron chi connectivity index (χ0n) is 14.1. The highest BCUT2D eigenvalue weighted by Gasteiger charge is 2.34. The van der Waals surface area contributed by atoms with Gasteiger partial charge in [0.05, 0.1) is 10.0 Å². The van der Waals surface area contributed by atoms with Crippen LogP contribution in [-0.4, -0.2) is 29.3 Å². The van der Waals surface area contributed by atoms with Crippen molar-refractivity contribution in [3.63, 3.8) is 0 Å². The maximum absolute atomic E-state index is 13.4. The lowest BCUT2D eigenvalue weighted by atomic mass is 10.1. The number of hydrogen-bond donors (Lipinski definition) is 1. The molecule has 136 valence electrons. The third kappa shape index (κ3) is 3.84. The average molecular weight is 395 g/mol. The summed E-state index contributed by atoms with van der Waals surface area (Å²) in [6.45, 7) is 2.25. The minimum atomic E-state index is -0.611. The van der Waals surface area contributed by atoms with Crippen molar-refractivity contribution in [2.45, 2.75) is 25.8 Å². The van der Waals surface area contributed by atoms with Gasteiger partial charge in [0.25, 0.3) is 5.91 Å². The van der Waals surface area contributed by atoms with Crippen molar-refractivity contribution in [3.8, 4) is 0 Å². The summed E-state index contributed by atoms with van der Waals surface area (Å²) in [4.78, 5) is 27.0. The number of hydrogen-bond acceptors (Lipinski definition) is 2. The number of likely N-dealkylation sites (tertiary alicyclic amines) is 1. The average Bonchev–Trinajstić information content (AvgIpc) is 3.09. The van der Waals surface area contributed by atoms with Crippen LogP contribution >= 0.6 is 23.2 Å². The number of aryl methyl sites for hydroxylation is 1. The summed E-state index contributed by atoms with van der Waals surface area (Å²) in [5.41, 5.74) is 1.53. The molecule has 3 rings (SSSR count). The molecule has 1 atom stereocenters. The number of anilines is 1. The number of carbonyl (C=O) groups is 2. The van der Waals surface area contributed by atoms with E-state index in [1.165, 1.54) is 23.1 Å². The molecular formula is C19H17Cl2FN2O2. The number of benzene rings is 2. The number of rotatable bonds is 3. The standard InChI is InChI=1S/C19H17Cl2FN2O2/c1-11-4-6-13(22)10-16(11)23-18(25)17-3-2-8-24(17)19(26)12-5-7-14(20)15(21)9-12/h4-7,9-10,17H,2-3,8H2,1H3,(H,23,25). The lowest BCUT2D eigenvalue weighted by molar-refractivity contribution is -0.119. The molecule has 1 aliphatic rings. The molecule has 0 radical (unpaired) electrons. The molecule has 1 aliphatic heterocycles. The van der Waals surface area contributed by atoms with E-state index in [-0.39, 0.29) is 16.8 Å². The van der Waals surface area contributed by atoms with Gasteiger partial charge in [-0.25, -0.2) is 4.39 Å². The molecule has 1 unspecified atom stereocenters. The molecule has 2 aromatic carbocycles. The monoisotopic (exact) mass is 394 g/mol. The molecule has 4 nitrogen and oxygen atoms in total. The highest BCUT2D eigenvalue weighted by molar-refractivity contribution is 6.42. The first-order valence-corrected chi connectivity index (χ1v) is 8.95. The van der Waals surface area contributed by atoms with Gasteiger partial charge >= 0.3 is 0 Å². The van der Waals surface area contributed by atoms with Crippen LogP contribution in [0, 0.1) is 12.7 Å². The van der Waals surface area contributed by atoms with Gasteiger partial charge in [-0.2, -0.15) is 0 Å². The highest BCUT2D eigenvalue weighted by atomic mass is 35.5. The second kappa shape index (κ2) is 7.64. The van der Waals surface area contributed by atoms with Gasteiger partial charge in [0.2, 0.25) is 5.91 Å². The van der Waals surface area contributed by atoms with Crippen LogP contribution in [0.3, 0.4) is 0 Å². The van der Waals surface area contributed by atoms with E-state index in [1.807, 2.05) is 0 Å². The minimum Gasteiger partial charge on any atom is -0.327 e. The van der Waals surface area contributed by atoms with E-state index in [0.717, 1.165) is 5.56 Å². The molecule has 0 bridgehead atoms. The van der Waals surface area contributed by atoms with Crippen LogP contribution in [0.5, 0.6) is 0 Å². The van der Waals surface area contributed by atoms with E-state index >= 15 is 0 Å². The van der Waals surface area contributed by atoms with Crippen molar-refractivity contribution >= 4 is 40.7 Å². The Kier molecular flexibility index (Phi) is 5.49. The Morgan fingerprint density at radius 3 is 2.65 bits per heavy atom. The zero-order chi connectivity index (χ0) is 18.8. The normalized spacial score (nSPS) is 16.6. The fourth-order valence-corrected chi connectivity index (χ4v) is 3.32. The van der Waals surface area contributed by atoms with E-state index in [2.05, 4.69) is 5.32 Å². The Labute approximate surface area is 160 Å². The molecule has 1 heterocycles. The van der Waals surface area contributed by atoms with Crippen molar-refractivity contribution in [1.29, 1.82) is 0 Å². The Balaban J connectivity index is 1.78. The molecule has 7 heteroatoms. The minimum absolute atomic E-state index is 0.280. The molecule has 1 N–H and O–H groups in total. The maximum Gasteiger partial charge on any atom is 0.254 e. The third-order valence-corrected chi connectivity index (χ3v) is 5.18. The summed E-state index contributed by atoms with van der Waals surface area (Å²) in [6, 6.07) is 8.22. The van der Waals surface area contributed by atoms with Gasteiger partial charge in [0, 0.05) is 17.8 Å². The summed E-state index contributed by atoms with van der Waals surface area (Å²) in [6.07, 6.45) is 1.26. The van der Waals surface area contributed by atoms with Gasteiger partial charge < -0.3 is 10.2 Å². The number of carbonyl (C=O) groups excluding carboxylic acids is 2. The van der Waals surface area contributed by atoms with Gasteiger partial charge in [-0.05, 0) is 55.7 Å². The summed E-state index contributed by atoms with van der Waals surface area (Å²) in [5.74, 6) is -1.04. The van der Waals surface area contributed by atoms with Crippen LogP contribution in [-0.2, 0) is 4.79 Å². The second-order valence-electron chi connectivity index (χ2n) is 6.23. The van der Waals surface area contributed by atoms with Crippen LogP contribution in [0.25, 0.3) is 0 Å². The maximum atomic E-state index is 13.4. The zero-order valence-corrected chi connectivity index (χ0v) is 15.6. The van der Waals surface area contributed by atoms with Crippen molar-refractivity contribution in [1.82, 2.24) is 4.90 Å². The van der Waals surface area contributed by atoms with E-state index in [1.54, 1.807) is 25.1 Å². The van der Waals surface area contributed by atoms with Crippen molar-refractivity contribution < 1.29 is 14.0 Å². The number of nitrogens with one attached hydrogen (secondary N) is 1. The lowest BCUT2D eigenvalue weighted by Gasteiger charge is -2.24. The summed E-state index contributed by atoms with van der Waals surface area (Å²) >= 11 is 11.9. The molecule has 0 saturated carbocycles. The number of halogens is 3. The number of amides is 2. The van der Waals surface area contributed by atoms with E-state index < -0.39 is 11.9 Å². The molecule has 1 saturated heterocycles. The van der Waals surface area contributed by atoms with Crippen LogP contribution in [0.2, 0.25) is 10.0 Å². The fraction of sp³-hybridized carbons (Fsp3) is 0.263. The Bertz CT molecular complexity index is 873. The molecule has 1 fully saturated rings. The second-order valence-corrected chi connectivity index (χ2v) is 7.05. The molecule has 0 spiro atoms. The SMILES string of the molecule is Cc1ccc(F)cc1NC(=O)C1CCCN1C(=O)c1ccc(Cl)c(Cl)c1. The molecule has 0 aliphatic carbocycles. The van der Waals surface area contributed by atoms with Gasteiger partial charge in [-0.1, -0.05) is 29.3 Å². The van der Waals surface area contributed by atoms with Crippen molar-refractivity contribution in [3.05, 3.63) is 63.4 Å². The smallest absolute Gasteiger partial charge is 0.254 e. The first-order chi connectivity index (χ1) is 12.4. The first kappa shape index (κ1) is 18.7. The Hall–Kier alpha value is -2.11. The molecule has 2 amide bonds. The van der Waals surface area contributed by atoms with Gasteiger partial charge in [-0.15, -0.1) is 0 Å². The van der Waals surface area contributed by atoms with E-state index in [0.29, 0.717) is 35.7 Å². The summed E-state index contributed by atoms with van der Waals surface area (Å²) < 4.78 is 13.4. The number of nitrogens with zero attached hydrogens (tertiary/aromatic N) is 1. The Morgan fingerprint density at radius 1 is 1.15 bits per heavy atom. The quantitative estimate of drug-likeness (QED) is 0.820. The van der Waals surface area contributed by atoms with Crippen molar-refractivity contribution in [2.75, 3.05) is 11.9 Å². The van der Waals surface area contributed by atoms with E-state index in [9.17, 15) is 14.0 Å². The highest BCUT2D eigenvalue weighted by Crippen LogP contribution is 2.27.